The van der Waals surface area contributed by atoms with Crippen LogP contribution in [0.3, 0.4) is 0 Å². The summed E-state index contributed by atoms with van der Waals surface area (Å²) >= 11 is 0.583. The number of rotatable bonds is 0. The molecule has 0 N–H and O–H groups in total. The molecule has 0 saturated heterocycles. The molecule has 0 unspecified atom stereocenters. The molecule has 1 heteroatoms. The molecule has 0 bridgehead atoms. The third-order valence-electron chi connectivity index (χ3n) is 0.556. The van der Waals surface area contributed by atoms with Crippen LogP contribution in [-0.2, 0) is 18.6 Å². The van der Waals surface area contributed by atoms with E-state index < -0.39 is 0 Å². The molecule has 0 spiro atoms. The second-order valence-electron chi connectivity index (χ2n) is 1.28. The van der Waals surface area contributed by atoms with Gasteiger partial charge >= 0.3 is 29.2 Å². The number of allylic oxidation sites excluding steroid dienone is 4. The Balaban J connectivity index is 0.000000145. The summed E-state index contributed by atoms with van der Waals surface area (Å²) in [5.41, 5.74) is 0. The Morgan fingerprint density at radius 3 is 1.38 bits per heavy atom. The molecule has 0 aromatic carbocycles. The zero-order chi connectivity index (χ0) is 6.24. The second kappa shape index (κ2) is 7.17. The minimum Gasteiger partial charge on any atom is -0.0767 e. The number of hydrogen-bond acceptors (Lipinski definition) is 0. The van der Waals surface area contributed by atoms with Gasteiger partial charge in [-0.1, -0.05) is 24.3 Å². The Morgan fingerprint density at radius 1 is 0.875 bits per heavy atom. The van der Waals surface area contributed by atoms with Gasteiger partial charge in [0.1, 0.15) is 0 Å². The first kappa shape index (κ1) is 8.17. The molecule has 0 fully saturated rings. The molecule has 0 saturated carbocycles. The first-order chi connectivity index (χ1) is 3.91. The summed E-state index contributed by atoms with van der Waals surface area (Å²) in [6.45, 7) is 0. The molecule has 0 aromatic rings. The maximum absolute atomic E-state index is 2.24. The fourth-order valence-electron chi connectivity index (χ4n) is 0.321. The van der Waals surface area contributed by atoms with Crippen molar-refractivity contribution in [2.75, 3.05) is 0 Å². The summed E-state index contributed by atoms with van der Waals surface area (Å²) < 4.78 is 0. The van der Waals surface area contributed by atoms with Gasteiger partial charge in [-0.2, -0.15) is 0 Å². The second-order valence-corrected chi connectivity index (χ2v) is 3.55. The predicted octanol–water partition coefficient (Wildman–Crippen LogP) is 2.48. The van der Waals surface area contributed by atoms with Gasteiger partial charge < -0.3 is 0 Å². The molecule has 1 aliphatic rings. The van der Waals surface area contributed by atoms with E-state index in [1.807, 2.05) is 30.7 Å². The molecule has 0 aliphatic heterocycles. The van der Waals surface area contributed by atoms with Crippen LogP contribution >= 0.6 is 0 Å². The average Bonchev–Trinajstić information content (AvgIpc) is 2.17. The molecule has 1 radical (unpaired) electrons. The van der Waals surface area contributed by atoms with Crippen molar-refractivity contribution >= 4 is 0 Å². The van der Waals surface area contributed by atoms with Gasteiger partial charge in [0, 0.05) is 6.42 Å². The van der Waals surface area contributed by atoms with E-state index in [9.17, 15) is 0 Å². The Kier molecular flexibility index (Phi) is 7.32. The van der Waals surface area contributed by atoms with Crippen LogP contribution in [-0.4, -0.2) is 0 Å². The molecule has 1 rings (SSSR count). The van der Waals surface area contributed by atoms with Gasteiger partial charge in [-0.15, -0.1) is 0 Å². The minimum absolute atomic E-state index is 0.583. The topological polar surface area (TPSA) is 0 Å². The monoisotopic (exact) mass is 290 g/mol. The SMILES string of the molecule is [CH3][Pt][CH3].[CH]1C=CC=C1. The zero-order valence-corrected chi connectivity index (χ0v) is 7.48. The van der Waals surface area contributed by atoms with E-state index in [4.69, 9.17) is 0 Å². The van der Waals surface area contributed by atoms with Crippen molar-refractivity contribution in [2.45, 2.75) is 10.6 Å². The van der Waals surface area contributed by atoms with Crippen LogP contribution in [0.1, 0.15) is 0 Å². The maximum Gasteiger partial charge on any atom is 0.00506 e. The largest absolute Gasteiger partial charge is 0.0767 e. The molecular formula is C7H11Pt. The van der Waals surface area contributed by atoms with E-state index in [-0.39, 0.29) is 0 Å². The van der Waals surface area contributed by atoms with Crippen LogP contribution < -0.4 is 0 Å². The minimum atomic E-state index is 0.583. The summed E-state index contributed by atoms with van der Waals surface area (Å²) in [5, 5.41) is 4.47. The van der Waals surface area contributed by atoms with Crippen LogP contribution in [0.25, 0.3) is 0 Å². The van der Waals surface area contributed by atoms with Crippen LogP contribution in [0.4, 0.5) is 0 Å². The third kappa shape index (κ3) is 6.17. The van der Waals surface area contributed by atoms with Crippen molar-refractivity contribution in [3.05, 3.63) is 30.7 Å². The predicted molar refractivity (Wildman–Crippen MR) is 34.3 cm³/mol. The van der Waals surface area contributed by atoms with Gasteiger partial charge in [0.25, 0.3) is 0 Å². The first-order valence-electron chi connectivity index (χ1n) is 2.30. The molecule has 0 nitrogen and oxygen atoms in total. The van der Waals surface area contributed by atoms with Crippen LogP contribution in [0.2, 0.25) is 10.6 Å². The van der Waals surface area contributed by atoms with Crippen molar-refractivity contribution in [3.8, 4) is 0 Å². The molecule has 0 aromatic heterocycles. The average molecular weight is 290 g/mol. The summed E-state index contributed by atoms with van der Waals surface area (Å²) in [4.78, 5) is 0. The van der Waals surface area contributed by atoms with Crippen LogP contribution in [0.5, 0.6) is 0 Å². The molecule has 0 heterocycles. The van der Waals surface area contributed by atoms with E-state index in [1.54, 1.807) is 0 Å². The fourth-order valence-corrected chi connectivity index (χ4v) is 0.321. The smallest absolute Gasteiger partial charge is 0.00506 e. The van der Waals surface area contributed by atoms with Gasteiger partial charge in [-0.25, -0.2) is 0 Å². The van der Waals surface area contributed by atoms with Gasteiger partial charge in [0.15, 0.2) is 0 Å². The fraction of sp³-hybridized carbons (Fsp3) is 0.286. The summed E-state index contributed by atoms with van der Waals surface area (Å²) in [5.74, 6) is 0. The molecule has 8 heavy (non-hydrogen) atoms. The van der Waals surface area contributed by atoms with Crippen molar-refractivity contribution in [3.63, 3.8) is 0 Å². The molecule has 0 atom stereocenters. The van der Waals surface area contributed by atoms with Gasteiger partial charge in [0.2, 0.25) is 0 Å². The van der Waals surface area contributed by atoms with Crippen molar-refractivity contribution in [2.24, 2.45) is 0 Å². The van der Waals surface area contributed by atoms with Crippen LogP contribution in [0, 0.1) is 6.42 Å². The van der Waals surface area contributed by atoms with E-state index in [0.717, 1.165) is 0 Å². The summed E-state index contributed by atoms with van der Waals surface area (Å²) in [6, 6.07) is 0. The van der Waals surface area contributed by atoms with Crippen molar-refractivity contribution < 1.29 is 18.6 Å². The molecule has 0 amide bonds. The quantitative estimate of drug-likeness (QED) is 0.643. The summed E-state index contributed by atoms with van der Waals surface area (Å²) in [7, 11) is 0. The standard InChI is InChI=1S/C5H5.2CH3.Pt/c1-2-4-5-3-1;;;/h1-5H;2*1H3;. The zero-order valence-electron chi connectivity index (χ0n) is 5.20. The van der Waals surface area contributed by atoms with Gasteiger partial charge in [-0.05, 0) is 0 Å². The van der Waals surface area contributed by atoms with Crippen molar-refractivity contribution in [1.29, 1.82) is 0 Å². The molecule has 49 valence electrons. The van der Waals surface area contributed by atoms with E-state index in [2.05, 4.69) is 10.6 Å². The summed E-state index contributed by atoms with van der Waals surface area (Å²) in [6.07, 6.45) is 10.0. The maximum atomic E-state index is 2.24. The van der Waals surface area contributed by atoms with Gasteiger partial charge in [0.05, 0.1) is 0 Å². The van der Waals surface area contributed by atoms with E-state index >= 15 is 0 Å². The van der Waals surface area contributed by atoms with Gasteiger partial charge in [-0.3, -0.25) is 0 Å². The first-order valence-corrected chi connectivity index (χ1v) is 6.84. The molecule has 1 aliphatic carbocycles. The Bertz CT molecular complexity index is 72.4. The van der Waals surface area contributed by atoms with E-state index in [0.29, 0.717) is 18.6 Å². The Hall–Kier alpha value is 0.168. The Morgan fingerprint density at radius 2 is 1.25 bits per heavy atom. The third-order valence-corrected chi connectivity index (χ3v) is 0.556. The molecular weight excluding hydrogens is 279 g/mol. The van der Waals surface area contributed by atoms with Crippen LogP contribution in [0.15, 0.2) is 24.3 Å². The Labute approximate surface area is 60.2 Å². The number of hydrogen-bond donors (Lipinski definition) is 0. The normalized spacial score (nSPS) is 13.8. The van der Waals surface area contributed by atoms with Crippen molar-refractivity contribution in [1.82, 2.24) is 0 Å². The van der Waals surface area contributed by atoms with E-state index in [1.165, 1.54) is 0 Å².